The summed E-state index contributed by atoms with van der Waals surface area (Å²) in [6, 6.07) is 0.441. The molecule has 1 heterocycles. The second-order valence-electron chi connectivity index (χ2n) is 8.25. The van der Waals surface area contributed by atoms with Crippen molar-refractivity contribution < 1.29 is 4.79 Å². The van der Waals surface area contributed by atoms with Crippen LogP contribution in [0.25, 0.3) is 0 Å². The minimum absolute atomic E-state index is 0.395. The molecular weight excluding hydrogens is 248 g/mol. The summed E-state index contributed by atoms with van der Waals surface area (Å²) in [7, 11) is 2.03. The molecule has 4 aliphatic carbocycles. The maximum atomic E-state index is 12.7. The quantitative estimate of drug-likeness (QED) is 0.858. The number of carbonyl (C=O) groups excluding carboxylic acids is 1. The maximum Gasteiger partial charge on any atom is 0.223 e. The molecule has 1 aliphatic heterocycles. The molecule has 1 amide bonds. The number of likely N-dealkylation sites (N-methyl/N-ethyl adjacent to an activating group) is 1. The van der Waals surface area contributed by atoms with Crippen LogP contribution in [-0.4, -0.2) is 37.0 Å². The Morgan fingerprint density at radius 2 is 1.75 bits per heavy atom. The minimum Gasteiger partial charge on any atom is -0.341 e. The zero-order chi connectivity index (χ0) is 13.7. The lowest BCUT2D eigenvalue weighted by Crippen LogP contribution is -2.49. The predicted octanol–water partition coefficient (Wildman–Crippen LogP) is 2.41. The molecule has 1 N–H and O–H groups in total. The zero-order valence-corrected chi connectivity index (χ0v) is 12.7. The Hall–Kier alpha value is -0.570. The number of carbonyl (C=O) groups is 1. The van der Waals surface area contributed by atoms with Crippen LogP contribution in [0.1, 0.15) is 51.4 Å². The average molecular weight is 276 g/mol. The summed E-state index contributed by atoms with van der Waals surface area (Å²) < 4.78 is 0. The normalized spacial score (nSPS) is 45.9. The highest BCUT2D eigenvalue weighted by Crippen LogP contribution is 2.61. The van der Waals surface area contributed by atoms with Gasteiger partial charge in [0.05, 0.1) is 0 Å². The van der Waals surface area contributed by atoms with E-state index in [1.807, 2.05) is 7.05 Å². The predicted molar refractivity (Wildman–Crippen MR) is 79.3 cm³/mol. The topological polar surface area (TPSA) is 32.3 Å². The van der Waals surface area contributed by atoms with E-state index in [4.69, 9.17) is 0 Å². The van der Waals surface area contributed by atoms with Crippen molar-refractivity contribution in [3.63, 3.8) is 0 Å². The van der Waals surface area contributed by atoms with Gasteiger partial charge in [-0.3, -0.25) is 4.79 Å². The first kappa shape index (κ1) is 13.1. The van der Waals surface area contributed by atoms with Crippen LogP contribution in [0.2, 0.25) is 0 Å². The molecular formula is C17H28N2O. The largest absolute Gasteiger partial charge is 0.341 e. The van der Waals surface area contributed by atoms with Gasteiger partial charge in [-0.2, -0.15) is 0 Å². The Balaban J connectivity index is 1.44. The van der Waals surface area contributed by atoms with E-state index in [0.717, 1.165) is 43.7 Å². The highest BCUT2D eigenvalue weighted by Gasteiger charge is 2.51. The van der Waals surface area contributed by atoms with Gasteiger partial charge in [-0.05, 0) is 74.7 Å². The number of rotatable bonds is 3. The fourth-order valence-electron chi connectivity index (χ4n) is 6.13. The fraction of sp³-hybridized carbons (Fsp3) is 0.941. The summed E-state index contributed by atoms with van der Waals surface area (Å²) in [5.74, 6) is 3.27. The first-order valence-corrected chi connectivity index (χ1v) is 8.60. The molecule has 0 radical (unpaired) electrons. The van der Waals surface area contributed by atoms with E-state index < -0.39 is 0 Å². The molecule has 5 aliphatic rings. The van der Waals surface area contributed by atoms with Crippen molar-refractivity contribution in [3.05, 3.63) is 0 Å². The van der Waals surface area contributed by atoms with E-state index in [9.17, 15) is 4.79 Å². The van der Waals surface area contributed by atoms with Crippen molar-refractivity contribution in [2.24, 2.45) is 23.2 Å². The molecule has 3 nitrogen and oxygen atoms in total. The number of nitrogens with one attached hydrogen (secondary N) is 1. The van der Waals surface area contributed by atoms with E-state index in [1.165, 1.54) is 38.5 Å². The summed E-state index contributed by atoms with van der Waals surface area (Å²) in [5.41, 5.74) is 0.395. The zero-order valence-electron chi connectivity index (χ0n) is 12.7. The van der Waals surface area contributed by atoms with Gasteiger partial charge in [-0.25, -0.2) is 0 Å². The van der Waals surface area contributed by atoms with Crippen molar-refractivity contribution >= 4 is 5.91 Å². The second-order valence-corrected chi connectivity index (χ2v) is 8.25. The number of amides is 1. The van der Waals surface area contributed by atoms with E-state index in [0.29, 0.717) is 17.4 Å². The molecule has 1 saturated heterocycles. The smallest absolute Gasteiger partial charge is 0.223 e. The Kier molecular flexibility index (Phi) is 3.10. The third kappa shape index (κ3) is 2.18. The Bertz CT molecular complexity index is 365. The van der Waals surface area contributed by atoms with Gasteiger partial charge in [-0.15, -0.1) is 0 Å². The van der Waals surface area contributed by atoms with Crippen LogP contribution in [0.4, 0.5) is 0 Å². The highest BCUT2D eigenvalue weighted by atomic mass is 16.2. The van der Waals surface area contributed by atoms with E-state index in [1.54, 1.807) is 0 Å². The standard InChI is InChI=1S/C17H28N2O/c1-19(15-2-3-18-11-15)16(20)10-17-7-12-4-13(8-17)6-14(5-12)9-17/h12-15,18H,2-11H2,1H3. The van der Waals surface area contributed by atoms with Gasteiger partial charge in [0.1, 0.15) is 0 Å². The summed E-state index contributed by atoms with van der Waals surface area (Å²) in [4.78, 5) is 14.8. The number of hydrogen-bond donors (Lipinski definition) is 1. The molecule has 1 unspecified atom stereocenters. The first-order valence-electron chi connectivity index (χ1n) is 8.60. The van der Waals surface area contributed by atoms with Crippen molar-refractivity contribution in [1.29, 1.82) is 0 Å². The molecule has 4 bridgehead atoms. The van der Waals surface area contributed by atoms with Crippen LogP contribution < -0.4 is 5.32 Å². The molecule has 112 valence electrons. The van der Waals surface area contributed by atoms with Crippen LogP contribution in [0.15, 0.2) is 0 Å². The van der Waals surface area contributed by atoms with Crippen molar-refractivity contribution in [2.75, 3.05) is 20.1 Å². The molecule has 3 heteroatoms. The van der Waals surface area contributed by atoms with Gasteiger partial charge in [-0.1, -0.05) is 0 Å². The fourth-order valence-corrected chi connectivity index (χ4v) is 6.13. The monoisotopic (exact) mass is 276 g/mol. The van der Waals surface area contributed by atoms with Gasteiger partial charge in [0.15, 0.2) is 0 Å². The molecule has 5 rings (SSSR count). The SMILES string of the molecule is CN(C(=O)CC12CC3CC(CC(C3)C1)C2)C1CCNC1. The van der Waals surface area contributed by atoms with Crippen molar-refractivity contribution in [3.8, 4) is 0 Å². The summed E-state index contributed by atoms with van der Waals surface area (Å²) in [6.45, 7) is 2.06. The summed E-state index contributed by atoms with van der Waals surface area (Å²) >= 11 is 0. The third-order valence-electron chi connectivity index (χ3n) is 6.67. The lowest BCUT2D eigenvalue weighted by Gasteiger charge is -2.57. The number of nitrogens with zero attached hydrogens (tertiary/aromatic N) is 1. The third-order valence-corrected chi connectivity index (χ3v) is 6.67. The first-order chi connectivity index (χ1) is 9.63. The van der Waals surface area contributed by atoms with E-state index >= 15 is 0 Å². The van der Waals surface area contributed by atoms with Crippen molar-refractivity contribution in [1.82, 2.24) is 10.2 Å². The molecule has 0 spiro atoms. The highest BCUT2D eigenvalue weighted by molar-refractivity contribution is 5.77. The van der Waals surface area contributed by atoms with Crippen LogP contribution in [-0.2, 0) is 4.79 Å². The van der Waals surface area contributed by atoms with Gasteiger partial charge in [0.25, 0.3) is 0 Å². The van der Waals surface area contributed by atoms with Gasteiger partial charge < -0.3 is 10.2 Å². The minimum atomic E-state index is 0.395. The summed E-state index contributed by atoms with van der Waals surface area (Å²) in [5, 5.41) is 3.37. The Labute approximate surface area is 122 Å². The molecule has 0 aromatic rings. The molecule has 20 heavy (non-hydrogen) atoms. The maximum absolute atomic E-state index is 12.7. The summed E-state index contributed by atoms with van der Waals surface area (Å²) in [6.07, 6.45) is 10.4. The molecule has 5 fully saturated rings. The molecule has 0 aromatic carbocycles. The Morgan fingerprint density at radius 3 is 2.25 bits per heavy atom. The molecule has 1 atom stereocenters. The van der Waals surface area contributed by atoms with Gasteiger partial charge in [0, 0.05) is 26.1 Å². The van der Waals surface area contributed by atoms with Crippen LogP contribution in [0.5, 0.6) is 0 Å². The molecule has 4 saturated carbocycles. The van der Waals surface area contributed by atoms with Crippen LogP contribution in [0.3, 0.4) is 0 Å². The molecule has 0 aromatic heterocycles. The lowest BCUT2D eigenvalue weighted by atomic mass is 9.49. The number of hydrogen-bond acceptors (Lipinski definition) is 2. The van der Waals surface area contributed by atoms with Crippen LogP contribution >= 0.6 is 0 Å². The van der Waals surface area contributed by atoms with E-state index in [2.05, 4.69) is 10.2 Å². The Morgan fingerprint density at radius 1 is 1.15 bits per heavy atom. The van der Waals surface area contributed by atoms with Crippen LogP contribution in [0, 0.1) is 23.2 Å². The average Bonchev–Trinajstić information content (AvgIpc) is 2.89. The van der Waals surface area contributed by atoms with Gasteiger partial charge in [0.2, 0.25) is 5.91 Å². The van der Waals surface area contributed by atoms with Gasteiger partial charge >= 0.3 is 0 Å². The van der Waals surface area contributed by atoms with E-state index in [-0.39, 0.29) is 0 Å². The van der Waals surface area contributed by atoms with Crippen molar-refractivity contribution in [2.45, 2.75) is 57.4 Å². The second kappa shape index (κ2) is 4.72. The lowest BCUT2D eigenvalue weighted by molar-refractivity contribution is -0.140.